The second-order valence-corrected chi connectivity index (χ2v) is 4.22. The molecule has 0 aromatic carbocycles. The summed E-state index contributed by atoms with van der Waals surface area (Å²) in [4.78, 5) is 0. The van der Waals surface area contributed by atoms with Crippen LogP contribution in [0.5, 0.6) is 0 Å². The Morgan fingerprint density at radius 3 is 2.29 bits per heavy atom. The van der Waals surface area contributed by atoms with E-state index in [1.807, 2.05) is 0 Å². The van der Waals surface area contributed by atoms with Crippen molar-refractivity contribution in [3.63, 3.8) is 0 Å². The van der Waals surface area contributed by atoms with Gasteiger partial charge in [0, 0.05) is 0 Å². The molecule has 1 nitrogen and oxygen atoms in total. The molecule has 0 heterocycles. The van der Waals surface area contributed by atoms with Crippen LogP contribution in [-0.2, 0) is 0 Å². The Hall–Kier alpha value is -0.300. The third kappa shape index (κ3) is 11.7. The summed E-state index contributed by atoms with van der Waals surface area (Å²) < 4.78 is 0. The molecule has 0 amide bonds. The van der Waals surface area contributed by atoms with Gasteiger partial charge >= 0.3 is 0 Å². The topological polar surface area (TPSA) is 12.0 Å². The number of unbranched alkanes of at least 4 members (excludes halogenated alkanes) is 5. The van der Waals surface area contributed by atoms with Crippen LogP contribution in [-0.4, -0.2) is 13.1 Å². The molecule has 0 fully saturated rings. The van der Waals surface area contributed by atoms with Gasteiger partial charge in [0.15, 0.2) is 0 Å². The predicted molar refractivity (Wildman–Crippen MR) is 65.7 cm³/mol. The molecule has 0 bridgehead atoms. The van der Waals surface area contributed by atoms with Crippen molar-refractivity contribution in [1.82, 2.24) is 5.32 Å². The van der Waals surface area contributed by atoms with Gasteiger partial charge in [-0.15, -0.1) is 6.58 Å². The molecule has 0 aliphatic rings. The van der Waals surface area contributed by atoms with Crippen LogP contribution in [0.3, 0.4) is 0 Å². The molecule has 0 saturated heterocycles. The first-order valence-electron chi connectivity index (χ1n) is 6.12. The summed E-state index contributed by atoms with van der Waals surface area (Å²) in [5.74, 6) is 0. The van der Waals surface area contributed by atoms with Gasteiger partial charge in [0.25, 0.3) is 0 Å². The molecule has 0 aliphatic heterocycles. The van der Waals surface area contributed by atoms with E-state index in [2.05, 4.69) is 25.7 Å². The standard InChI is InChI=1S/C13H27N/c1-4-5-6-7-8-9-11-14-12-10-13(2)3/h14H,2,4-12H2,1,3H3. The lowest BCUT2D eigenvalue weighted by Crippen LogP contribution is -2.16. The van der Waals surface area contributed by atoms with Crippen LogP contribution in [0.2, 0.25) is 0 Å². The van der Waals surface area contributed by atoms with Crippen molar-refractivity contribution in [3.8, 4) is 0 Å². The van der Waals surface area contributed by atoms with Crippen molar-refractivity contribution < 1.29 is 0 Å². The highest BCUT2D eigenvalue weighted by Crippen LogP contribution is 2.04. The molecular weight excluding hydrogens is 170 g/mol. The molecule has 0 rings (SSSR count). The Morgan fingerprint density at radius 2 is 1.64 bits per heavy atom. The van der Waals surface area contributed by atoms with E-state index in [1.54, 1.807) is 0 Å². The maximum absolute atomic E-state index is 3.88. The van der Waals surface area contributed by atoms with Crippen molar-refractivity contribution in [3.05, 3.63) is 12.2 Å². The third-order valence-electron chi connectivity index (χ3n) is 2.44. The summed E-state index contributed by atoms with van der Waals surface area (Å²) in [5, 5.41) is 3.45. The minimum Gasteiger partial charge on any atom is -0.316 e. The summed E-state index contributed by atoms with van der Waals surface area (Å²) in [6.45, 7) is 10.5. The molecule has 84 valence electrons. The molecule has 0 aromatic heterocycles. The van der Waals surface area contributed by atoms with E-state index in [4.69, 9.17) is 0 Å². The smallest absolute Gasteiger partial charge is 0.00118 e. The average molecular weight is 197 g/mol. The second kappa shape index (κ2) is 10.8. The van der Waals surface area contributed by atoms with E-state index < -0.39 is 0 Å². The summed E-state index contributed by atoms with van der Waals surface area (Å²) in [5.41, 5.74) is 1.28. The van der Waals surface area contributed by atoms with Crippen LogP contribution in [0.25, 0.3) is 0 Å². The van der Waals surface area contributed by atoms with E-state index >= 15 is 0 Å². The predicted octanol–water partition coefficient (Wildman–Crippen LogP) is 3.90. The summed E-state index contributed by atoms with van der Waals surface area (Å²) >= 11 is 0. The second-order valence-electron chi connectivity index (χ2n) is 4.22. The molecule has 1 N–H and O–H groups in total. The monoisotopic (exact) mass is 197 g/mol. The largest absolute Gasteiger partial charge is 0.316 e. The zero-order valence-corrected chi connectivity index (χ0v) is 10.1. The highest BCUT2D eigenvalue weighted by Gasteiger charge is 1.90. The normalized spacial score (nSPS) is 10.4. The van der Waals surface area contributed by atoms with Gasteiger partial charge in [-0.05, 0) is 32.9 Å². The molecule has 0 aliphatic carbocycles. The van der Waals surface area contributed by atoms with E-state index in [1.165, 1.54) is 50.6 Å². The van der Waals surface area contributed by atoms with Gasteiger partial charge in [-0.1, -0.05) is 44.6 Å². The lowest BCUT2D eigenvalue weighted by molar-refractivity contribution is 0.572. The zero-order valence-electron chi connectivity index (χ0n) is 10.1. The lowest BCUT2D eigenvalue weighted by atomic mass is 10.1. The Labute approximate surface area is 90.0 Å². The fourth-order valence-electron chi connectivity index (χ4n) is 1.46. The molecule has 0 unspecified atom stereocenters. The number of hydrogen-bond donors (Lipinski definition) is 1. The molecule has 0 saturated carbocycles. The molecular formula is C13H27N. The van der Waals surface area contributed by atoms with Crippen LogP contribution >= 0.6 is 0 Å². The average Bonchev–Trinajstić information content (AvgIpc) is 2.15. The van der Waals surface area contributed by atoms with E-state index in [-0.39, 0.29) is 0 Å². The van der Waals surface area contributed by atoms with Crippen LogP contribution < -0.4 is 5.32 Å². The molecule has 14 heavy (non-hydrogen) atoms. The van der Waals surface area contributed by atoms with E-state index in [9.17, 15) is 0 Å². The van der Waals surface area contributed by atoms with Crippen LogP contribution in [0.1, 0.15) is 58.8 Å². The number of hydrogen-bond acceptors (Lipinski definition) is 1. The Morgan fingerprint density at radius 1 is 1.00 bits per heavy atom. The fourth-order valence-corrected chi connectivity index (χ4v) is 1.46. The van der Waals surface area contributed by atoms with Crippen LogP contribution in [0.4, 0.5) is 0 Å². The first kappa shape index (κ1) is 13.7. The highest BCUT2D eigenvalue weighted by molar-refractivity contribution is 4.87. The summed E-state index contributed by atoms with van der Waals surface area (Å²) in [6, 6.07) is 0. The molecule has 0 radical (unpaired) electrons. The van der Waals surface area contributed by atoms with E-state index in [0.717, 1.165) is 13.0 Å². The Balaban J connectivity index is 2.88. The minimum absolute atomic E-state index is 1.10. The van der Waals surface area contributed by atoms with Crippen LogP contribution in [0, 0.1) is 0 Å². The number of rotatable bonds is 10. The van der Waals surface area contributed by atoms with Gasteiger partial charge in [0.2, 0.25) is 0 Å². The maximum Gasteiger partial charge on any atom is -0.00118 e. The quantitative estimate of drug-likeness (QED) is 0.414. The molecule has 1 heteroatoms. The molecule has 0 aromatic rings. The first-order valence-corrected chi connectivity index (χ1v) is 6.12. The SMILES string of the molecule is C=C(C)CCNCCCCCCCC. The van der Waals surface area contributed by atoms with Gasteiger partial charge in [0.1, 0.15) is 0 Å². The molecule has 0 atom stereocenters. The Kier molecular flexibility index (Phi) is 10.5. The van der Waals surface area contributed by atoms with Crippen molar-refractivity contribution in [2.75, 3.05) is 13.1 Å². The third-order valence-corrected chi connectivity index (χ3v) is 2.44. The fraction of sp³-hybridized carbons (Fsp3) is 0.846. The van der Waals surface area contributed by atoms with Crippen LogP contribution in [0.15, 0.2) is 12.2 Å². The minimum atomic E-state index is 1.10. The van der Waals surface area contributed by atoms with Gasteiger partial charge < -0.3 is 5.32 Å². The van der Waals surface area contributed by atoms with Crippen molar-refractivity contribution in [2.24, 2.45) is 0 Å². The molecule has 0 spiro atoms. The van der Waals surface area contributed by atoms with Crippen molar-refractivity contribution in [1.29, 1.82) is 0 Å². The van der Waals surface area contributed by atoms with Gasteiger partial charge in [-0.3, -0.25) is 0 Å². The number of nitrogens with one attached hydrogen (secondary N) is 1. The van der Waals surface area contributed by atoms with Gasteiger partial charge in [0.05, 0.1) is 0 Å². The van der Waals surface area contributed by atoms with E-state index in [0.29, 0.717) is 0 Å². The van der Waals surface area contributed by atoms with Gasteiger partial charge in [-0.25, -0.2) is 0 Å². The van der Waals surface area contributed by atoms with Gasteiger partial charge in [-0.2, -0.15) is 0 Å². The van der Waals surface area contributed by atoms with Crippen molar-refractivity contribution >= 4 is 0 Å². The lowest BCUT2D eigenvalue weighted by Gasteiger charge is -2.04. The Bertz CT molecular complexity index is 129. The van der Waals surface area contributed by atoms with Crippen molar-refractivity contribution in [2.45, 2.75) is 58.8 Å². The maximum atomic E-state index is 3.88. The first-order chi connectivity index (χ1) is 6.77. The highest BCUT2D eigenvalue weighted by atomic mass is 14.8. The summed E-state index contributed by atoms with van der Waals surface area (Å²) in [6.07, 6.45) is 9.42. The summed E-state index contributed by atoms with van der Waals surface area (Å²) in [7, 11) is 0. The zero-order chi connectivity index (χ0) is 10.6.